The Balaban J connectivity index is 2.57. The largest absolute Gasteiger partial charge is 0.449 e. The van der Waals surface area contributed by atoms with Crippen LogP contribution < -0.4 is 10.0 Å². The van der Waals surface area contributed by atoms with Crippen molar-refractivity contribution in [2.45, 2.75) is 44.4 Å². The van der Waals surface area contributed by atoms with Crippen molar-refractivity contribution in [2.75, 3.05) is 18.5 Å². The number of sulfonamides is 1. The van der Waals surface area contributed by atoms with E-state index in [0.29, 0.717) is 18.8 Å². The first-order valence-corrected chi connectivity index (χ1v) is 9.01. The Morgan fingerprint density at radius 1 is 1.09 bits per heavy atom. The fourth-order valence-corrected chi connectivity index (χ4v) is 2.72. The summed E-state index contributed by atoms with van der Waals surface area (Å²) in [7, 11) is -3.49. The van der Waals surface area contributed by atoms with Crippen LogP contribution >= 0.6 is 0 Å². The molecule has 1 aromatic rings. The summed E-state index contributed by atoms with van der Waals surface area (Å²) in [6, 6.07) is 5.98. The van der Waals surface area contributed by atoms with E-state index < -0.39 is 16.1 Å². The normalized spacial score (nSPS) is 11.2. The van der Waals surface area contributed by atoms with Crippen LogP contribution in [-0.2, 0) is 14.8 Å². The molecule has 0 heterocycles. The Kier molecular flexibility index (Phi) is 7.90. The van der Waals surface area contributed by atoms with Crippen LogP contribution in [0.2, 0.25) is 0 Å². The van der Waals surface area contributed by atoms with Crippen molar-refractivity contribution in [1.29, 1.82) is 0 Å². The van der Waals surface area contributed by atoms with Crippen LogP contribution in [0.15, 0.2) is 29.2 Å². The van der Waals surface area contributed by atoms with Gasteiger partial charge < -0.3 is 4.74 Å². The number of anilines is 1. The molecule has 2 N–H and O–H groups in total. The molecule has 1 amide bonds. The zero-order valence-electron chi connectivity index (χ0n) is 13.1. The van der Waals surface area contributed by atoms with Gasteiger partial charge in [0.25, 0.3) is 0 Å². The van der Waals surface area contributed by atoms with Gasteiger partial charge in [-0.2, -0.15) is 0 Å². The summed E-state index contributed by atoms with van der Waals surface area (Å²) in [5.74, 6) is 0. The van der Waals surface area contributed by atoms with Gasteiger partial charge in [0.2, 0.25) is 10.0 Å². The molecule has 0 aliphatic carbocycles. The number of benzene rings is 1. The summed E-state index contributed by atoms with van der Waals surface area (Å²) in [4.78, 5) is 11.7. The maximum atomic E-state index is 12.0. The number of rotatable bonds is 9. The van der Waals surface area contributed by atoms with E-state index in [1.54, 1.807) is 0 Å². The SMILES string of the molecule is CCCCNS(=O)(=O)c1ccc(NC(=O)OCCCC)cc1. The second kappa shape index (κ2) is 9.42. The van der Waals surface area contributed by atoms with Gasteiger partial charge in [-0.15, -0.1) is 0 Å². The number of carbonyl (C=O) groups excluding carboxylic acids is 1. The smallest absolute Gasteiger partial charge is 0.411 e. The van der Waals surface area contributed by atoms with Gasteiger partial charge in [0.05, 0.1) is 11.5 Å². The molecule has 0 saturated heterocycles. The van der Waals surface area contributed by atoms with Gasteiger partial charge in [0.15, 0.2) is 0 Å². The number of amides is 1. The summed E-state index contributed by atoms with van der Waals surface area (Å²) in [6.07, 6.45) is 2.94. The standard InChI is InChI=1S/C15H24N2O4S/c1-3-5-11-16-22(19,20)14-9-7-13(8-10-14)17-15(18)21-12-6-4-2/h7-10,16H,3-6,11-12H2,1-2H3,(H,17,18). The summed E-state index contributed by atoms with van der Waals surface area (Å²) in [6.45, 7) is 4.79. The van der Waals surface area contributed by atoms with Crippen molar-refractivity contribution in [3.05, 3.63) is 24.3 Å². The lowest BCUT2D eigenvalue weighted by molar-refractivity contribution is 0.160. The highest BCUT2D eigenvalue weighted by Crippen LogP contribution is 2.14. The van der Waals surface area contributed by atoms with Gasteiger partial charge in [-0.25, -0.2) is 17.9 Å². The fraction of sp³-hybridized carbons (Fsp3) is 0.533. The molecule has 1 rings (SSSR count). The molecule has 6 nitrogen and oxygen atoms in total. The van der Waals surface area contributed by atoms with Crippen molar-refractivity contribution in [1.82, 2.24) is 4.72 Å². The fourth-order valence-electron chi connectivity index (χ4n) is 1.65. The summed E-state index contributed by atoms with van der Waals surface area (Å²) < 4.78 is 31.5. The highest BCUT2D eigenvalue weighted by Gasteiger charge is 2.13. The quantitative estimate of drug-likeness (QED) is 0.682. The van der Waals surface area contributed by atoms with Gasteiger partial charge in [0, 0.05) is 12.2 Å². The third kappa shape index (κ3) is 6.44. The highest BCUT2D eigenvalue weighted by molar-refractivity contribution is 7.89. The predicted octanol–water partition coefficient (Wildman–Crippen LogP) is 3.11. The molecule has 0 radical (unpaired) electrons. The van der Waals surface area contributed by atoms with Gasteiger partial charge in [-0.05, 0) is 37.1 Å². The van der Waals surface area contributed by atoms with E-state index in [4.69, 9.17) is 4.74 Å². The molecule has 0 aliphatic rings. The van der Waals surface area contributed by atoms with Crippen LogP contribution in [0.1, 0.15) is 39.5 Å². The van der Waals surface area contributed by atoms with Gasteiger partial charge in [0.1, 0.15) is 0 Å². The van der Waals surface area contributed by atoms with E-state index in [2.05, 4.69) is 10.0 Å². The summed E-state index contributed by atoms with van der Waals surface area (Å²) in [5, 5.41) is 2.56. The Morgan fingerprint density at radius 2 is 1.73 bits per heavy atom. The van der Waals surface area contributed by atoms with Crippen LogP contribution in [0.4, 0.5) is 10.5 Å². The predicted molar refractivity (Wildman–Crippen MR) is 86.4 cm³/mol. The summed E-state index contributed by atoms with van der Waals surface area (Å²) >= 11 is 0. The van der Waals surface area contributed by atoms with Crippen LogP contribution in [0, 0.1) is 0 Å². The molecule has 0 fully saturated rings. The lowest BCUT2D eigenvalue weighted by atomic mass is 10.3. The number of ether oxygens (including phenoxy) is 1. The summed E-state index contributed by atoms with van der Waals surface area (Å²) in [5.41, 5.74) is 0.494. The van der Waals surface area contributed by atoms with Crippen molar-refractivity contribution in [3.63, 3.8) is 0 Å². The molecule has 0 atom stereocenters. The van der Waals surface area contributed by atoms with Crippen molar-refractivity contribution in [3.8, 4) is 0 Å². The molecule has 0 unspecified atom stereocenters. The van der Waals surface area contributed by atoms with Crippen molar-refractivity contribution < 1.29 is 17.9 Å². The Morgan fingerprint density at radius 3 is 2.32 bits per heavy atom. The van der Waals surface area contributed by atoms with E-state index in [-0.39, 0.29) is 4.90 Å². The zero-order chi connectivity index (χ0) is 16.4. The molecule has 124 valence electrons. The van der Waals surface area contributed by atoms with Crippen LogP contribution in [0.5, 0.6) is 0 Å². The molecule has 1 aromatic carbocycles. The highest BCUT2D eigenvalue weighted by atomic mass is 32.2. The van der Waals surface area contributed by atoms with E-state index in [1.807, 2.05) is 13.8 Å². The minimum Gasteiger partial charge on any atom is -0.449 e. The first-order valence-electron chi connectivity index (χ1n) is 7.53. The maximum Gasteiger partial charge on any atom is 0.411 e. The Labute approximate surface area is 132 Å². The van der Waals surface area contributed by atoms with E-state index in [1.165, 1.54) is 24.3 Å². The minimum atomic E-state index is -3.49. The molecule has 0 aromatic heterocycles. The van der Waals surface area contributed by atoms with E-state index in [9.17, 15) is 13.2 Å². The third-order valence-electron chi connectivity index (χ3n) is 2.96. The second-order valence-corrected chi connectivity index (χ2v) is 6.66. The number of hydrogen-bond donors (Lipinski definition) is 2. The lowest BCUT2D eigenvalue weighted by Crippen LogP contribution is -2.24. The molecular weight excluding hydrogens is 304 g/mol. The van der Waals surface area contributed by atoms with Crippen molar-refractivity contribution in [2.24, 2.45) is 0 Å². The zero-order valence-corrected chi connectivity index (χ0v) is 13.9. The van der Waals surface area contributed by atoms with Gasteiger partial charge in [-0.1, -0.05) is 26.7 Å². The van der Waals surface area contributed by atoms with Crippen LogP contribution in [0.3, 0.4) is 0 Å². The Bertz CT molecular complexity index is 555. The number of nitrogens with one attached hydrogen (secondary N) is 2. The van der Waals surface area contributed by atoms with Crippen molar-refractivity contribution >= 4 is 21.8 Å². The molecule has 0 bridgehead atoms. The monoisotopic (exact) mass is 328 g/mol. The number of carbonyl (C=O) groups is 1. The molecule has 0 saturated carbocycles. The molecule has 0 aliphatic heterocycles. The first kappa shape index (κ1) is 18.4. The Hall–Kier alpha value is -1.60. The molecule has 7 heteroatoms. The molecule has 0 spiro atoms. The molecule has 22 heavy (non-hydrogen) atoms. The number of hydrogen-bond acceptors (Lipinski definition) is 4. The average molecular weight is 328 g/mol. The lowest BCUT2D eigenvalue weighted by Gasteiger charge is -2.08. The third-order valence-corrected chi connectivity index (χ3v) is 4.44. The second-order valence-electron chi connectivity index (χ2n) is 4.89. The van der Waals surface area contributed by atoms with Crippen LogP contribution in [0.25, 0.3) is 0 Å². The average Bonchev–Trinajstić information content (AvgIpc) is 2.48. The number of unbranched alkanes of at least 4 members (excludes halogenated alkanes) is 2. The topological polar surface area (TPSA) is 84.5 Å². The first-order chi connectivity index (χ1) is 10.5. The maximum absolute atomic E-state index is 12.0. The van der Waals surface area contributed by atoms with Gasteiger partial charge in [-0.3, -0.25) is 5.32 Å². The van der Waals surface area contributed by atoms with E-state index >= 15 is 0 Å². The minimum absolute atomic E-state index is 0.175. The van der Waals surface area contributed by atoms with Crippen LogP contribution in [-0.4, -0.2) is 27.7 Å². The van der Waals surface area contributed by atoms with E-state index in [0.717, 1.165) is 25.7 Å². The van der Waals surface area contributed by atoms with Gasteiger partial charge >= 0.3 is 6.09 Å². The molecular formula is C15H24N2O4S.